The van der Waals surface area contributed by atoms with Crippen molar-refractivity contribution in [1.29, 1.82) is 0 Å². The Hall–Kier alpha value is -3.59. The van der Waals surface area contributed by atoms with Gasteiger partial charge in [0.2, 0.25) is 0 Å². The molecular formula is C20H21N3O6. The van der Waals surface area contributed by atoms with Crippen LogP contribution in [0.1, 0.15) is 6.92 Å². The highest BCUT2D eigenvalue weighted by molar-refractivity contribution is 5.86. The van der Waals surface area contributed by atoms with Crippen molar-refractivity contribution < 1.29 is 29.2 Å². The number of nitrogens with zero attached hydrogens (tertiary/aromatic N) is 3. The van der Waals surface area contributed by atoms with E-state index in [4.69, 9.17) is 14.2 Å². The van der Waals surface area contributed by atoms with E-state index in [-0.39, 0.29) is 24.5 Å². The third-order valence-corrected chi connectivity index (χ3v) is 3.95. The molecule has 1 unspecified atom stereocenters. The maximum Gasteiger partial charge on any atom is 0.333 e. The second kappa shape index (κ2) is 8.61. The van der Waals surface area contributed by atoms with Crippen LogP contribution in [0.3, 0.4) is 0 Å². The van der Waals surface area contributed by atoms with Crippen molar-refractivity contribution in [2.24, 2.45) is 0 Å². The van der Waals surface area contributed by atoms with Gasteiger partial charge in [-0.25, -0.2) is 4.79 Å². The van der Waals surface area contributed by atoms with Crippen LogP contribution in [0.2, 0.25) is 0 Å². The van der Waals surface area contributed by atoms with Crippen LogP contribution >= 0.6 is 0 Å². The van der Waals surface area contributed by atoms with Gasteiger partial charge in [-0.2, -0.15) is 0 Å². The summed E-state index contributed by atoms with van der Waals surface area (Å²) in [5, 5.41) is 28.8. The second-order valence-corrected chi connectivity index (χ2v) is 6.34. The van der Waals surface area contributed by atoms with E-state index in [9.17, 15) is 15.0 Å². The molecule has 152 valence electrons. The van der Waals surface area contributed by atoms with Gasteiger partial charge in [-0.3, -0.25) is 0 Å². The minimum atomic E-state index is -1.02. The molecule has 3 rings (SSSR count). The number of aliphatic hydroxyl groups is 1. The van der Waals surface area contributed by atoms with E-state index >= 15 is 0 Å². The molecule has 1 atom stereocenters. The Morgan fingerprint density at radius 2 is 1.86 bits per heavy atom. The monoisotopic (exact) mass is 399 g/mol. The molecule has 0 spiro atoms. The number of rotatable bonds is 8. The second-order valence-electron chi connectivity index (χ2n) is 6.34. The van der Waals surface area contributed by atoms with Gasteiger partial charge in [0.25, 0.3) is 0 Å². The summed E-state index contributed by atoms with van der Waals surface area (Å²) < 4.78 is 15.5. The van der Waals surface area contributed by atoms with Crippen molar-refractivity contribution in [2.45, 2.75) is 13.0 Å². The molecule has 0 bridgehead atoms. The fraction of sp³-hybridized carbons (Fsp3) is 0.250. The number of aliphatic hydroxyl groups excluding tert-OH is 1. The molecule has 2 aromatic carbocycles. The van der Waals surface area contributed by atoms with Crippen molar-refractivity contribution in [1.82, 2.24) is 15.0 Å². The molecule has 0 saturated carbocycles. The molecule has 1 heterocycles. The van der Waals surface area contributed by atoms with Crippen LogP contribution in [0.25, 0.3) is 16.7 Å². The molecular weight excluding hydrogens is 378 g/mol. The van der Waals surface area contributed by atoms with Crippen molar-refractivity contribution in [3.05, 3.63) is 48.6 Å². The van der Waals surface area contributed by atoms with Crippen molar-refractivity contribution >= 4 is 17.0 Å². The molecule has 0 aliphatic carbocycles. The third kappa shape index (κ3) is 4.82. The number of ether oxygens (including phenoxy) is 3. The lowest BCUT2D eigenvalue weighted by Gasteiger charge is -2.13. The Balaban J connectivity index is 1.66. The first-order valence-corrected chi connectivity index (χ1v) is 8.75. The van der Waals surface area contributed by atoms with Gasteiger partial charge in [-0.1, -0.05) is 6.58 Å². The number of carbonyl (C=O) groups is 1. The van der Waals surface area contributed by atoms with Gasteiger partial charge in [0.1, 0.15) is 53.3 Å². The third-order valence-electron chi connectivity index (χ3n) is 3.95. The normalized spacial score (nSPS) is 11.8. The summed E-state index contributed by atoms with van der Waals surface area (Å²) in [6.45, 7) is 4.64. The van der Waals surface area contributed by atoms with Crippen LogP contribution in [0.4, 0.5) is 0 Å². The van der Waals surface area contributed by atoms with Crippen LogP contribution in [-0.2, 0) is 9.53 Å². The van der Waals surface area contributed by atoms with Gasteiger partial charge in [0.05, 0.1) is 7.11 Å². The lowest BCUT2D eigenvalue weighted by Crippen LogP contribution is -2.25. The van der Waals surface area contributed by atoms with Crippen LogP contribution < -0.4 is 9.47 Å². The van der Waals surface area contributed by atoms with Crippen LogP contribution in [-0.4, -0.2) is 57.6 Å². The predicted octanol–water partition coefficient (Wildman–Crippen LogP) is 1.99. The predicted molar refractivity (Wildman–Crippen MR) is 104 cm³/mol. The van der Waals surface area contributed by atoms with Gasteiger partial charge in [0.15, 0.2) is 0 Å². The smallest absolute Gasteiger partial charge is 0.333 e. The Morgan fingerprint density at radius 3 is 2.55 bits per heavy atom. The van der Waals surface area contributed by atoms with Crippen LogP contribution in [0.15, 0.2) is 48.6 Å². The number of fused-ring (bicyclic) bond motifs is 1. The molecule has 0 amide bonds. The van der Waals surface area contributed by atoms with Crippen LogP contribution in [0.5, 0.6) is 17.2 Å². The number of hydrogen-bond donors (Lipinski definition) is 2. The minimum Gasteiger partial charge on any atom is -0.505 e. The Labute approximate surface area is 166 Å². The molecule has 3 aromatic rings. The Morgan fingerprint density at radius 1 is 1.14 bits per heavy atom. The number of carbonyl (C=O) groups excluding carboxylic acids is 1. The average Bonchev–Trinajstić information content (AvgIpc) is 3.13. The average molecular weight is 399 g/mol. The summed E-state index contributed by atoms with van der Waals surface area (Å²) in [6.07, 6.45) is -1.02. The quantitative estimate of drug-likeness (QED) is 0.436. The zero-order valence-corrected chi connectivity index (χ0v) is 16.0. The van der Waals surface area contributed by atoms with Gasteiger partial charge in [-0.15, -0.1) is 15.0 Å². The number of hydrogen-bond acceptors (Lipinski definition) is 8. The largest absolute Gasteiger partial charge is 0.505 e. The molecule has 2 N–H and O–H groups in total. The molecule has 0 aliphatic heterocycles. The first-order valence-electron chi connectivity index (χ1n) is 8.75. The number of benzene rings is 2. The number of aromatic hydroxyl groups is 1. The molecule has 9 heteroatoms. The van der Waals surface area contributed by atoms with Gasteiger partial charge in [-0.05, 0) is 31.2 Å². The van der Waals surface area contributed by atoms with E-state index in [2.05, 4.69) is 16.8 Å². The molecule has 1 aromatic heterocycles. The van der Waals surface area contributed by atoms with E-state index in [1.165, 1.54) is 17.8 Å². The summed E-state index contributed by atoms with van der Waals surface area (Å²) in [4.78, 5) is 12.6. The molecule has 0 aliphatic rings. The first-order chi connectivity index (χ1) is 13.9. The number of phenols is 1. The van der Waals surface area contributed by atoms with Crippen molar-refractivity contribution in [3.8, 4) is 22.9 Å². The maximum atomic E-state index is 11.3. The number of methoxy groups -OCH3 is 1. The molecule has 0 saturated heterocycles. The number of aromatic nitrogens is 3. The van der Waals surface area contributed by atoms with Crippen molar-refractivity contribution in [3.63, 3.8) is 0 Å². The minimum absolute atomic E-state index is 0.0991. The summed E-state index contributed by atoms with van der Waals surface area (Å²) in [7, 11) is 1.57. The first kappa shape index (κ1) is 20.2. The lowest BCUT2D eigenvalue weighted by atomic mass is 10.3. The fourth-order valence-electron chi connectivity index (χ4n) is 2.43. The van der Waals surface area contributed by atoms with Crippen LogP contribution in [0, 0.1) is 0 Å². The summed E-state index contributed by atoms with van der Waals surface area (Å²) in [5.41, 5.74) is 1.88. The highest BCUT2D eigenvalue weighted by atomic mass is 16.5. The van der Waals surface area contributed by atoms with E-state index in [1.54, 1.807) is 37.4 Å². The van der Waals surface area contributed by atoms with Gasteiger partial charge < -0.3 is 24.4 Å². The SMILES string of the molecule is C=C(C)C(=O)OCC(O)COc1ccc(-n2nc3ccc(OC)cc3n2)c(O)c1. The molecule has 0 radical (unpaired) electrons. The number of esters is 1. The van der Waals surface area contributed by atoms with Gasteiger partial charge in [0, 0.05) is 17.7 Å². The van der Waals surface area contributed by atoms with E-state index in [1.807, 2.05) is 0 Å². The fourth-order valence-corrected chi connectivity index (χ4v) is 2.43. The highest BCUT2D eigenvalue weighted by Gasteiger charge is 2.13. The standard InChI is InChI=1S/C20H21N3O6/c1-12(2)20(26)29-11-13(24)10-28-15-5-7-18(19(25)9-15)23-21-16-6-4-14(27-3)8-17(16)22-23/h4-9,13,24-25H,1,10-11H2,2-3H3. The van der Waals surface area contributed by atoms with Gasteiger partial charge >= 0.3 is 5.97 Å². The zero-order chi connectivity index (χ0) is 21.0. The summed E-state index contributed by atoms with van der Waals surface area (Å²) in [5.74, 6) is 0.306. The molecule has 29 heavy (non-hydrogen) atoms. The zero-order valence-electron chi connectivity index (χ0n) is 16.0. The topological polar surface area (TPSA) is 116 Å². The molecule has 9 nitrogen and oxygen atoms in total. The van der Waals surface area contributed by atoms with E-state index < -0.39 is 12.1 Å². The lowest BCUT2D eigenvalue weighted by molar-refractivity contribution is -0.142. The van der Waals surface area contributed by atoms with E-state index in [0.29, 0.717) is 28.2 Å². The highest BCUT2D eigenvalue weighted by Crippen LogP contribution is 2.27. The Kier molecular flexibility index (Phi) is 5.99. The summed E-state index contributed by atoms with van der Waals surface area (Å²) >= 11 is 0. The molecule has 0 fully saturated rings. The number of phenolic OH excluding ortho intramolecular Hbond substituents is 1. The summed E-state index contributed by atoms with van der Waals surface area (Å²) in [6, 6.07) is 9.88. The van der Waals surface area contributed by atoms with E-state index in [0.717, 1.165) is 0 Å². The Bertz CT molecular complexity index is 1050. The maximum absolute atomic E-state index is 11.3. The van der Waals surface area contributed by atoms with Crippen molar-refractivity contribution in [2.75, 3.05) is 20.3 Å².